The number of carbonyl (C=O) groups excluding carboxylic acids is 1. The van der Waals surface area contributed by atoms with Crippen molar-refractivity contribution < 1.29 is 4.79 Å². The first kappa shape index (κ1) is 15.6. The molecule has 3 aromatic rings. The fraction of sp³-hybridized carbons (Fsp3) is 0.238. The number of rotatable bonds is 4. The van der Waals surface area contributed by atoms with Crippen molar-refractivity contribution in [2.75, 3.05) is 13.6 Å². The molecule has 0 unspecified atom stereocenters. The van der Waals surface area contributed by atoms with E-state index >= 15 is 0 Å². The SMILES string of the molecule is CN1C[C@@H](c2nc3ccccc3n2C/C=C/c2ccccc2)CC1=O. The van der Waals surface area contributed by atoms with Gasteiger partial charge < -0.3 is 9.47 Å². The van der Waals surface area contributed by atoms with Crippen LogP contribution in [0.2, 0.25) is 0 Å². The molecule has 1 fully saturated rings. The number of likely N-dealkylation sites (tertiary alicyclic amines) is 1. The quantitative estimate of drug-likeness (QED) is 0.731. The van der Waals surface area contributed by atoms with Crippen LogP contribution in [0.15, 0.2) is 60.7 Å². The lowest BCUT2D eigenvalue weighted by molar-refractivity contribution is -0.126. The number of nitrogens with zero attached hydrogens (tertiary/aromatic N) is 3. The van der Waals surface area contributed by atoms with E-state index in [1.165, 1.54) is 5.56 Å². The second-order valence-electron chi connectivity index (χ2n) is 6.56. The Morgan fingerprint density at radius 2 is 1.88 bits per heavy atom. The third-order valence-electron chi connectivity index (χ3n) is 4.79. The van der Waals surface area contributed by atoms with E-state index in [0.717, 1.165) is 29.9 Å². The monoisotopic (exact) mass is 331 g/mol. The number of allylic oxidation sites excluding steroid dienone is 1. The van der Waals surface area contributed by atoms with Crippen molar-refractivity contribution in [1.82, 2.24) is 14.5 Å². The van der Waals surface area contributed by atoms with Crippen LogP contribution in [-0.2, 0) is 11.3 Å². The Morgan fingerprint density at radius 1 is 1.12 bits per heavy atom. The molecule has 1 aliphatic heterocycles. The van der Waals surface area contributed by atoms with Crippen molar-refractivity contribution in [3.05, 3.63) is 72.1 Å². The Kier molecular flexibility index (Phi) is 4.10. The summed E-state index contributed by atoms with van der Waals surface area (Å²) in [5, 5.41) is 0. The topological polar surface area (TPSA) is 38.1 Å². The van der Waals surface area contributed by atoms with Crippen LogP contribution in [0.1, 0.15) is 23.7 Å². The van der Waals surface area contributed by atoms with Gasteiger partial charge in [-0.3, -0.25) is 4.79 Å². The number of para-hydroxylation sites is 2. The highest BCUT2D eigenvalue weighted by molar-refractivity contribution is 5.80. The van der Waals surface area contributed by atoms with Crippen LogP contribution in [0.25, 0.3) is 17.1 Å². The largest absolute Gasteiger partial charge is 0.345 e. The van der Waals surface area contributed by atoms with Gasteiger partial charge in [0.25, 0.3) is 0 Å². The van der Waals surface area contributed by atoms with E-state index in [-0.39, 0.29) is 11.8 Å². The number of hydrogen-bond donors (Lipinski definition) is 0. The Morgan fingerprint density at radius 3 is 2.64 bits per heavy atom. The van der Waals surface area contributed by atoms with Crippen LogP contribution in [0.4, 0.5) is 0 Å². The van der Waals surface area contributed by atoms with Crippen molar-refractivity contribution >= 4 is 23.0 Å². The van der Waals surface area contributed by atoms with Crippen molar-refractivity contribution in [3.8, 4) is 0 Å². The molecule has 1 aromatic heterocycles. The molecule has 25 heavy (non-hydrogen) atoms. The molecule has 0 aliphatic carbocycles. The number of hydrogen-bond acceptors (Lipinski definition) is 2. The average Bonchev–Trinajstić information content (AvgIpc) is 3.16. The molecule has 0 N–H and O–H groups in total. The Bertz CT molecular complexity index is 927. The number of benzene rings is 2. The first-order valence-electron chi connectivity index (χ1n) is 8.63. The minimum atomic E-state index is 0.162. The predicted octanol–water partition coefficient (Wildman–Crippen LogP) is 3.70. The van der Waals surface area contributed by atoms with E-state index in [4.69, 9.17) is 4.98 Å². The minimum Gasteiger partial charge on any atom is -0.345 e. The van der Waals surface area contributed by atoms with Gasteiger partial charge in [0.05, 0.1) is 11.0 Å². The van der Waals surface area contributed by atoms with Gasteiger partial charge in [0.2, 0.25) is 5.91 Å². The lowest BCUT2D eigenvalue weighted by Crippen LogP contribution is -2.19. The molecule has 0 saturated carbocycles. The molecule has 0 radical (unpaired) electrons. The molecular formula is C21H21N3O. The second kappa shape index (κ2) is 6.55. The lowest BCUT2D eigenvalue weighted by Gasteiger charge is -2.12. The Balaban J connectivity index is 1.67. The summed E-state index contributed by atoms with van der Waals surface area (Å²) >= 11 is 0. The van der Waals surface area contributed by atoms with Crippen molar-refractivity contribution in [1.29, 1.82) is 0 Å². The number of likely N-dealkylation sites (N-methyl/N-ethyl adjacent to an activating group) is 1. The zero-order valence-corrected chi connectivity index (χ0v) is 14.3. The Hall–Kier alpha value is -2.88. The molecule has 1 atom stereocenters. The molecule has 1 aliphatic rings. The van der Waals surface area contributed by atoms with E-state index in [1.54, 1.807) is 4.90 Å². The number of fused-ring (bicyclic) bond motifs is 1. The van der Waals surface area contributed by atoms with Gasteiger partial charge in [-0.2, -0.15) is 0 Å². The fourth-order valence-corrected chi connectivity index (χ4v) is 3.49. The molecule has 2 aromatic carbocycles. The zero-order valence-electron chi connectivity index (χ0n) is 14.3. The highest BCUT2D eigenvalue weighted by Gasteiger charge is 2.31. The molecular weight excluding hydrogens is 310 g/mol. The lowest BCUT2D eigenvalue weighted by atomic mass is 10.1. The number of amides is 1. The molecule has 0 spiro atoms. The predicted molar refractivity (Wildman–Crippen MR) is 100 cm³/mol. The summed E-state index contributed by atoms with van der Waals surface area (Å²) in [6, 6.07) is 18.5. The average molecular weight is 331 g/mol. The van der Waals surface area contributed by atoms with E-state index < -0.39 is 0 Å². The van der Waals surface area contributed by atoms with Gasteiger partial charge >= 0.3 is 0 Å². The molecule has 4 rings (SSSR count). The summed E-state index contributed by atoms with van der Waals surface area (Å²) in [6.45, 7) is 1.49. The smallest absolute Gasteiger partial charge is 0.223 e. The molecule has 1 amide bonds. The van der Waals surface area contributed by atoms with Gasteiger partial charge in [-0.05, 0) is 17.7 Å². The van der Waals surface area contributed by atoms with Gasteiger partial charge in [0.15, 0.2) is 0 Å². The molecule has 126 valence electrons. The van der Waals surface area contributed by atoms with Crippen LogP contribution in [-0.4, -0.2) is 34.0 Å². The minimum absolute atomic E-state index is 0.162. The molecule has 2 heterocycles. The third kappa shape index (κ3) is 3.07. The fourth-order valence-electron chi connectivity index (χ4n) is 3.49. The van der Waals surface area contributed by atoms with E-state index in [1.807, 2.05) is 43.4 Å². The molecule has 4 heteroatoms. The molecule has 0 bridgehead atoms. The van der Waals surface area contributed by atoms with Crippen LogP contribution in [0.3, 0.4) is 0 Å². The van der Waals surface area contributed by atoms with Crippen LogP contribution >= 0.6 is 0 Å². The van der Waals surface area contributed by atoms with Gasteiger partial charge in [-0.25, -0.2) is 4.98 Å². The summed E-state index contributed by atoms with van der Waals surface area (Å²) in [5.74, 6) is 1.37. The first-order valence-corrected chi connectivity index (χ1v) is 8.63. The van der Waals surface area contributed by atoms with Crippen LogP contribution in [0, 0.1) is 0 Å². The van der Waals surface area contributed by atoms with E-state index in [9.17, 15) is 4.79 Å². The highest BCUT2D eigenvalue weighted by Crippen LogP contribution is 2.29. The van der Waals surface area contributed by atoms with E-state index in [0.29, 0.717) is 6.42 Å². The van der Waals surface area contributed by atoms with E-state index in [2.05, 4.69) is 34.9 Å². The molecule has 4 nitrogen and oxygen atoms in total. The summed E-state index contributed by atoms with van der Waals surface area (Å²) in [4.78, 5) is 18.6. The third-order valence-corrected chi connectivity index (χ3v) is 4.79. The number of carbonyl (C=O) groups is 1. The summed E-state index contributed by atoms with van der Waals surface area (Å²) in [6.07, 6.45) is 4.83. The van der Waals surface area contributed by atoms with Gasteiger partial charge in [-0.15, -0.1) is 0 Å². The zero-order chi connectivity index (χ0) is 17.2. The van der Waals surface area contributed by atoms with Crippen LogP contribution < -0.4 is 0 Å². The highest BCUT2D eigenvalue weighted by atomic mass is 16.2. The standard InChI is InChI=1S/C21H21N3O/c1-23-15-17(14-20(23)25)21-22-18-11-5-6-12-19(18)24(21)13-7-10-16-8-3-2-4-9-16/h2-12,17H,13-15H2,1H3/b10-7+/t17-/m0/s1. The summed E-state index contributed by atoms with van der Waals surface area (Å²) in [7, 11) is 1.87. The maximum Gasteiger partial charge on any atom is 0.223 e. The summed E-state index contributed by atoms with van der Waals surface area (Å²) < 4.78 is 2.24. The van der Waals surface area contributed by atoms with Gasteiger partial charge in [-0.1, -0.05) is 54.6 Å². The van der Waals surface area contributed by atoms with Crippen LogP contribution in [0.5, 0.6) is 0 Å². The number of imidazole rings is 1. The maximum absolute atomic E-state index is 12.0. The van der Waals surface area contributed by atoms with Crippen molar-refractivity contribution in [2.45, 2.75) is 18.9 Å². The Labute approximate surface area is 147 Å². The van der Waals surface area contributed by atoms with Gasteiger partial charge in [0.1, 0.15) is 5.82 Å². The van der Waals surface area contributed by atoms with Crippen molar-refractivity contribution in [2.24, 2.45) is 0 Å². The molecule has 1 saturated heterocycles. The number of aromatic nitrogens is 2. The maximum atomic E-state index is 12.0. The first-order chi connectivity index (χ1) is 12.2. The normalized spacial score (nSPS) is 17.9. The van der Waals surface area contributed by atoms with Gasteiger partial charge in [0, 0.05) is 32.5 Å². The van der Waals surface area contributed by atoms with Crippen molar-refractivity contribution in [3.63, 3.8) is 0 Å². The second-order valence-corrected chi connectivity index (χ2v) is 6.56. The summed E-state index contributed by atoms with van der Waals surface area (Å²) in [5.41, 5.74) is 3.30.